The fourth-order valence-electron chi connectivity index (χ4n) is 1.02. The highest BCUT2D eigenvalue weighted by atomic mass is 32.1. The normalized spacial score (nSPS) is 17.9. The van der Waals surface area contributed by atoms with E-state index in [0.29, 0.717) is 6.10 Å². The second-order valence-electron chi connectivity index (χ2n) is 2.93. The molecule has 0 aromatic carbocycles. The van der Waals surface area contributed by atoms with Crippen molar-refractivity contribution in [3.63, 3.8) is 0 Å². The second kappa shape index (κ2) is 2.81. The fraction of sp³-hybridized carbons (Fsp3) is 0.625. The third kappa shape index (κ3) is 1.53. The lowest BCUT2D eigenvalue weighted by atomic mass is 9.96. The Morgan fingerprint density at radius 2 is 2.45 bits per heavy atom. The summed E-state index contributed by atoms with van der Waals surface area (Å²) in [5.74, 6) is 0. The van der Waals surface area contributed by atoms with Crippen molar-refractivity contribution < 1.29 is 4.74 Å². The average Bonchev–Trinajstić information content (AvgIpc) is 2.27. The number of hydrogen-bond donors (Lipinski definition) is 0. The van der Waals surface area contributed by atoms with Gasteiger partial charge in [0.15, 0.2) is 0 Å². The van der Waals surface area contributed by atoms with Crippen LogP contribution in [0.1, 0.15) is 25.0 Å². The van der Waals surface area contributed by atoms with Gasteiger partial charge in [-0.25, -0.2) is 4.98 Å². The largest absolute Gasteiger partial charge is 0.467 e. The molecule has 0 N–H and O–H groups in total. The van der Waals surface area contributed by atoms with E-state index in [1.54, 1.807) is 11.3 Å². The molecule has 60 valence electrons. The number of thiazole rings is 1. The summed E-state index contributed by atoms with van der Waals surface area (Å²) >= 11 is 1.59. The third-order valence-corrected chi connectivity index (χ3v) is 2.77. The van der Waals surface area contributed by atoms with Crippen LogP contribution < -0.4 is 4.74 Å². The van der Waals surface area contributed by atoms with Crippen LogP contribution in [-0.2, 0) is 0 Å². The van der Waals surface area contributed by atoms with E-state index < -0.39 is 0 Å². The summed E-state index contributed by atoms with van der Waals surface area (Å²) in [5.41, 5.74) is 1.06. The molecule has 3 heteroatoms. The van der Waals surface area contributed by atoms with Gasteiger partial charge in [0, 0.05) is 5.38 Å². The van der Waals surface area contributed by atoms with Gasteiger partial charge in [0.25, 0.3) is 5.19 Å². The SMILES string of the molecule is Cc1csc(OC2CCC2)n1. The Morgan fingerprint density at radius 1 is 1.64 bits per heavy atom. The summed E-state index contributed by atoms with van der Waals surface area (Å²) < 4.78 is 5.58. The minimum Gasteiger partial charge on any atom is -0.467 e. The zero-order chi connectivity index (χ0) is 7.68. The lowest BCUT2D eigenvalue weighted by molar-refractivity contribution is 0.120. The number of hydrogen-bond acceptors (Lipinski definition) is 3. The Labute approximate surface area is 70.2 Å². The van der Waals surface area contributed by atoms with Gasteiger partial charge in [-0.05, 0) is 26.2 Å². The topological polar surface area (TPSA) is 22.1 Å². The molecule has 0 saturated heterocycles. The molecule has 0 bridgehead atoms. The van der Waals surface area contributed by atoms with Crippen molar-refractivity contribution in [2.75, 3.05) is 0 Å². The first-order valence-corrected chi connectivity index (χ1v) is 4.81. The monoisotopic (exact) mass is 169 g/mol. The molecule has 0 aliphatic heterocycles. The predicted octanol–water partition coefficient (Wildman–Crippen LogP) is 2.38. The highest BCUT2D eigenvalue weighted by Crippen LogP contribution is 2.26. The molecule has 0 spiro atoms. The van der Waals surface area contributed by atoms with Crippen LogP contribution in [0, 0.1) is 6.92 Å². The first-order valence-electron chi connectivity index (χ1n) is 3.93. The lowest BCUT2D eigenvalue weighted by Gasteiger charge is -2.24. The third-order valence-electron chi connectivity index (χ3n) is 1.92. The van der Waals surface area contributed by atoms with Crippen LogP contribution in [-0.4, -0.2) is 11.1 Å². The molecule has 1 saturated carbocycles. The maximum atomic E-state index is 5.58. The number of aryl methyl sites for hydroxylation is 1. The summed E-state index contributed by atoms with van der Waals surface area (Å²) in [5, 5.41) is 2.86. The zero-order valence-corrected chi connectivity index (χ0v) is 7.36. The Kier molecular flexibility index (Phi) is 1.82. The van der Waals surface area contributed by atoms with E-state index >= 15 is 0 Å². The molecule has 2 rings (SSSR count). The standard InChI is InChI=1S/C8H11NOS/c1-6-5-11-8(9-6)10-7-3-2-4-7/h5,7H,2-4H2,1H3. The molecule has 1 aliphatic rings. The summed E-state index contributed by atoms with van der Waals surface area (Å²) in [6, 6.07) is 0. The Bertz CT molecular complexity index is 242. The summed E-state index contributed by atoms with van der Waals surface area (Å²) in [4.78, 5) is 4.23. The van der Waals surface area contributed by atoms with E-state index in [1.165, 1.54) is 19.3 Å². The first-order chi connectivity index (χ1) is 5.34. The Balaban J connectivity index is 1.95. The molecule has 0 atom stereocenters. The molecule has 11 heavy (non-hydrogen) atoms. The number of nitrogens with zero attached hydrogens (tertiary/aromatic N) is 1. The van der Waals surface area contributed by atoms with Gasteiger partial charge >= 0.3 is 0 Å². The molecule has 1 aliphatic carbocycles. The molecular formula is C8H11NOS. The van der Waals surface area contributed by atoms with Crippen LogP contribution in [0.3, 0.4) is 0 Å². The maximum Gasteiger partial charge on any atom is 0.273 e. The Morgan fingerprint density at radius 3 is 2.91 bits per heavy atom. The highest BCUT2D eigenvalue weighted by molar-refractivity contribution is 7.11. The zero-order valence-electron chi connectivity index (χ0n) is 6.54. The number of aromatic nitrogens is 1. The minimum absolute atomic E-state index is 0.459. The van der Waals surface area contributed by atoms with Gasteiger partial charge < -0.3 is 4.74 Å². The van der Waals surface area contributed by atoms with Crippen LogP contribution in [0.15, 0.2) is 5.38 Å². The van der Waals surface area contributed by atoms with Gasteiger partial charge in [-0.1, -0.05) is 11.3 Å². The van der Waals surface area contributed by atoms with Crippen molar-refractivity contribution >= 4 is 11.3 Å². The molecule has 1 aromatic heterocycles. The van der Waals surface area contributed by atoms with Gasteiger partial charge in [-0.15, -0.1) is 0 Å². The Hall–Kier alpha value is -0.570. The number of ether oxygens (including phenoxy) is 1. The molecule has 0 amide bonds. The van der Waals surface area contributed by atoms with Gasteiger partial charge in [-0.2, -0.15) is 0 Å². The smallest absolute Gasteiger partial charge is 0.273 e. The van der Waals surface area contributed by atoms with Crippen LogP contribution >= 0.6 is 11.3 Å². The molecular weight excluding hydrogens is 158 g/mol. The first kappa shape index (κ1) is 7.10. The molecule has 0 radical (unpaired) electrons. The molecule has 1 aromatic rings. The quantitative estimate of drug-likeness (QED) is 0.678. The lowest BCUT2D eigenvalue weighted by Crippen LogP contribution is -2.24. The van der Waals surface area contributed by atoms with Crippen LogP contribution in [0.25, 0.3) is 0 Å². The van der Waals surface area contributed by atoms with Crippen LogP contribution in [0.5, 0.6) is 5.19 Å². The van der Waals surface area contributed by atoms with E-state index in [-0.39, 0.29) is 0 Å². The number of rotatable bonds is 2. The summed E-state index contributed by atoms with van der Waals surface area (Å²) in [6.45, 7) is 1.99. The van der Waals surface area contributed by atoms with E-state index in [0.717, 1.165) is 10.9 Å². The van der Waals surface area contributed by atoms with Gasteiger partial charge in [-0.3, -0.25) is 0 Å². The van der Waals surface area contributed by atoms with E-state index in [1.807, 2.05) is 12.3 Å². The van der Waals surface area contributed by atoms with Crippen molar-refractivity contribution in [1.29, 1.82) is 0 Å². The highest BCUT2D eigenvalue weighted by Gasteiger charge is 2.19. The van der Waals surface area contributed by atoms with Crippen molar-refractivity contribution in [1.82, 2.24) is 4.98 Å². The fourth-order valence-corrected chi connectivity index (χ4v) is 1.73. The van der Waals surface area contributed by atoms with Crippen LogP contribution in [0.2, 0.25) is 0 Å². The van der Waals surface area contributed by atoms with Gasteiger partial charge in [0.05, 0.1) is 5.69 Å². The maximum absolute atomic E-state index is 5.58. The summed E-state index contributed by atoms with van der Waals surface area (Å²) in [6.07, 6.45) is 4.19. The van der Waals surface area contributed by atoms with E-state index in [4.69, 9.17) is 4.74 Å². The van der Waals surface area contributed by atoms with Crippen molar-refractivity contribution in [2.45, 2.75) is 32.3 Å². The van der Waals surface area contributed by atoms with Crippen LogP contribution in [0.4, 0.5) is 0 Å². The second-order valence-corrected chi connectivity index (χ2v) is 3.75. The summed E-state index contributed by atoms with van der Waals surface area (Å²) in [7, 11) is 0. The van der Waals surface area contributed by atoms with E-state index in [9.17, 15) is 0 Å². The van der Waals surface area contributed by atoms with Crippen molar-refractivity contribution in [3.05, 3.63) is 11.1 Å². The molecule has 0 unspecified atom stereocenters. The molecule has 2 nitrogen and oxygen atoms in total. The molecule has 1 fully saturated rings. The average molecular weight is 169 g/mol. The van der Waals surface area contributed by atoms with E-state index in [2.05, 4.69) is 4.98 Å². The predicted molar refractivity (Wildman–Crippen MR) is 45.1 cm³/mol. The van der Waals surface area contributed by atoms with Crippen molar-refractivity contribution in [2.24, 2.45) is 0 Å². The van der Waals surface area contributed by atoms with Gasteiger partial charge in [0.1, 0.15) is 6.10 Å². The minimum atomic E-state index is 0.459. The van der Waals surface area contributed by atoms with Gasteiger partial charge in [0.2, 0.25) is 0 Å². The molecule has 1 heterocycles. The van der Waals surface area contributed by atoms with Crippen molar-refractivity contribution in [3.8, 4) is 5.19 Å².